The summed E-state index contributed by atoms with van der Waals surface area (Å²) < 4.78 is 24.9. The van der Waals surface area contributed by atoms with Crippen LogP contribution in [0.15, 0.2) is 11.9 Å². The zero-order valence-electron chi connectivity index (χ0n) is 15.8. The van der Waals surface area contributed by atoms with E-state index in [1.807, 2.05) is 34.7 Å². The van der Waals surface area contributed by atoms with E-state index in [9.17, 15) is 8.78 Å². The molecule has 0 bridgehead atoms. The predicted molar refractivity (Wildman–Crippen MR) is 94.8 cm³/mol. The molecule has 0 spiro atoms. The summed E-state index contributed by atoms with van der Waals surface area (Å²) in [5.74, 6) is 0.0445. The summed E-state index contributed by atoms with van der Waals surface area (Å²) in [6.07, 6.45) is 3.44. The zero-order valence-corrected chi connectivity index (χ0v) is 15.8. The molecule has 4 heteroatoms. The van der Waals surface area contributed by atoms with Gasteiger partial charge in [-0.05, 0) is 46.4 Å². The number of likely N-dealkylation sites (N-methyl/N-ethyl adjacent to an activating group) is 1. The monoisotopic (exact) mass is 320 g/mol. The van der Waals surface area contributed by atoms with Crippen molar-refractivity contribution in [3.8, 4) is 0 Å². The van der Waals surface area contributed by atoms with E-state index >= 15 is 0 Å². The summed E-state index contributed by atoms with van der Waals surface area (Å²) in [7, 11) is 1.99. The molecule has 1 saturated heterocycles. The lowest BCUT2D eigenvalue weighted by Gasteiger charge is -2.31. The number of rotatable bonds is 1. The van der Waals surface area contributed by atoms with Crippen molar-refractivity contribution < 1.29 is 8.78 Å². The number of hydrogen-bond donors (Lipinski definition) is 0. The van der Waals surface area contributed by atoms with Crippen LogP contribution < -0.4 is 0 Å². The van der Waals surface area contributed by atoms with Crippen LogP contribution in [-0.2, 0) is 0 Å². The largest absolute Gasteiger partial charge is 0.302 e. The maximum Gasteiger partial charge on any atom is 0.113 e. The molecule has 22 heavy (non-hydrogen) atoms. The van der Waals surface area contributed by atoms with Gasteiger partial charge in [-0.15, -0.1) is 0 Å². The van der Waals surface area contributed by atoms with Gasteiger partial charge in [-0.1, -0.05) is 27.7 Å². The third kappa shape index (κ3) is 12.1. The Hall–Kier alpha value is -0.480. The first-order valence-corrected chi connectivity index (χ1v) is 8.90. The van der Waals surface area contributed by atoms with E-state index < -0.39 is 6.17 Å². The Labute approximate surface area is 137 Å². The molecular weight excluding hydrogens is 282 g/mol. The molecule has 0 radical (unpaired) electrons. The molecule has 1 atom stereocenters. The van der Waals surface area contributed by atoms with Gasteiger partial charge in [0.15, 0.2) is 0 Å². The van der Waals surface area contributed by atoms with E-state index in [4.69, 9.17) is 0 Å². The third-order valence-corrected chi connectivity index (χ3v) is 3.48. The molecule has 1 unspecified atom stereocenters. The Morgan fingerprint density at radius 1 is 1.14 bits per heavy atom. The van der Waals surface area contributed by atoms with Crippen LogP contribution in [0.5, 0.6) is 0 Å². The van der Waals surface area contributed by atoms with Gasteiger partial charge in [-0.2, -0.15) is 0 Å². The van der Waals surface area contributed by atoms with Gasteiger partial charge in [0.25, 0.3) is 0 Å². The van der Waals surface area contributed by atoms with Crippen molar-refractivity contribution in [1.82, 2.24) is 9.80 Å². The molecule has 0 amide bonds. The Bertz CT molecular complexity index is 268. The van der Waals surface area contributed by atoms with Crippen LogP contribution >= 0.6 is 0 Å². The molecule has 0 aromatic heterocycles. The second-order valence-corrected chi connectivity index (χ2v) is 5.49. The topological polar surface area (TPSA) is 6.48 Å². The molecule has 0 saturated carbocycles. The van der Waals surface area contributed by atoms with Gasteiger partial charge in [0.05, 0.1) is 5.83 Å². The highest BCUT2D eigenvalue weighted by atomic mass is 19.1. The van der Waals surface area contributed by atoms with Crippen molar-refractivity contribution in [2.24, 2.45) is 0 Å². The highest BCUT2D eigenvalue weighted by molar-refractivity contribution is 4.97. The van der Waals surface area contributed by atoms with Crippen molar-refractivity contribution in [3.05, 3.63) is 11.9 Å². The van der Waals surface area contributed by atoms with E-state index in [1.165, 1.54) is 0 Å². The highest BCUT2D eigenvalue weighted by Crippen LogP contribution is 2.14. The van der Waals surface area contributed by atoms with Crippen LogP contribution in [0.3, 0.4) is 0 Å². The fraction of sp³-hybridized carbons (Fsp3) is 0.889. The summed E-state index contributed by atoms with van der Waals surface area (Å²) in [4.78, 5) is 4.29. The normalized spacial score (nSPS) is 22.3. The average molecular weight is 321 g/mol. The predicted octanol–water partition coefficient (Wildman–Crippen LogP) is 5.06. The number of alkyl halides is 1. The minimum absolute atomic E-state index is 0.0445. The average Bonchev–Trinajstić information content (AvgIpc) is 2.55. The second-order valence-electron chi connectivity index (χ2n) is 5.49. The van der Waals surface area contributed by atoms with Gasteiger partial charge in [-0.25, -0.2) is 8.78 Å². The molecule has 134 valence electrons. The molecule has 0 N–H and O–H groups in total. The first kappa shape index (κ1) is 23.8. The van der Waals surface area contributed by atoms with Crippen LogP contribution in [0.2, 0.25) is 0 Å². The number of nitrogens with zero attached hydrogens (tertiary/aromatic N) is 2. The minimum Gasteiger partial charge on any atom is -0.302 e. The molecule has 2 heterocycles. The van der Waals surface area contributed by atoms with Gasteiger partial charge in [0, 0.05) is 32.1 Å². The molecule has 2 aliphatic rings. The first-order chi connectivity index (χ1) is 10.5. The lowest BCUT2D eigenvalue weighted by molar-refractivity contribution is 0.112. The molecule has 0 aromatic rings. The fourth-order valence-corrected chi connectivity index (χ4v) is 2.17. The summed E-state index contributed by atoms with van der Waals surface area (Å²) in [6, 6.07) is 0.513. The third-order valence-electron chi connectivity index (χ3n) is 3.48. The summed E-state index contributed by atoms with van der Waals surface area (Å²) in [6.45, 7) is 15.6. The smallest absolute Gasteiger partial charge is 0.113 e. The number of piperidine rings is 1. The Morgan fingerprint density at radius 2 is 1.73 bits per heavy atom. The van der Waals surface area contributed by atoms with Crippen LogP contribution in [0.25, 0.3) is 0 Å². The van der Waals surface area contributed by atoms with Gasteiger partial charge >= 0.3 is 0 Å². The van der Waals surface area contributed by atoms with Crippen molar-refractivity contribution in [2.75, 3.05) is 33.2 Å². The summed E-state index contributed by atoms with van der Waals surface area (Å²) in [5.41, 5.74) is 0. The number of hydrogen-bond acceptors (Lipinski definition) is 2. The summed E-state index contributed by atoms with van der Waals surface area (Å²) >= 11 is 0. The van der Waals surface area contributed by atoms with Gasteiger partial charge in [-0.3, -0.25) is 4.90 Å². The molecule has 2 aliphatic heterocycles. The Balaban J connectivity index is 0. The Morgan fingerprint density at radius 3 is 2.05 bits per heavy atom. The molecular formula is C18H38F2N2. The molecule has 2 rings (SSSR count). The van der Waals surface area contributed by atoms with Crippen molar-refractivity contribution >= 4 is 0 Å². The van der Waals surface area contributed by atoms with E-state index in [2.05, 4.69) is 23.6 Å². The number of likely N-dealkylation sites (tertiary alicyclic amines) is 1. The highest BCUT2D eigenvalue weighted by Gasteiger charge is 2.20. The van der Waals surface area contributed by atoms with Crippen LogP contribution in [0, 0.1) is 0 Å². The zero-order chi connectivity index (χ0) is 17.5. The maximum atomic E-state index is 12.8. The fourth-order valence-electron chi connectivity index (χ4n) is 2.17. The van der Waals surface area contributed by atoms with E-state index in [0.717, 1.165) is 32.5 Å². The molecule has 2 nitrogen and oxygen atoms in total. The quantitative estimate of drug-likeness (QED) is 0.666. The van der Waals surface area contributed by atoms with Crippen LogP contribution in [-0.4, -0.2) is 55.2 Å². The maximum absolute atomic E-state index is 12.8. The SMILES string of the molecule is CC.CC.CC(C)N1CCCC(F)C1.CN1CC=C(F)CC1. The standard InChI is InChI=1S/C8H16FN.C6H10FN.2C2H6/c1-7(2)10-5-3-4-8(9)6-10;1-8-4-2-6(7)3-5-8;2*1-2/h7-8H,3-6H2,1-2H3;2H,3-5H2,1H3;2*1-2H3. The lowest BCUT2D eigenvalue weighted by atomic mass is 10.1. The van der Waals surface area contributed by atoms with Crippen molar-refractivity contribution in [2.45, 2.75) is 73.0 Å². The van der Waals surface area contributed by atoms with Gasteiger partial charge < -0.3 is 4.90 Å². The Kier molecular flexibility index (Phi) is 16.7. The first-order valence-electron chi connectivity index (χ1n) is 8.90. The van der Waals surface area contributed by atoms with E-state index in [-0.39, 0.29) is 5.83 Å². The van der Waals surface area contributed by atoms with Crippen molar-refractivity contribution in [1.29, 1.82) is 0 Å². The van der Waals surface area contributed by atoms with E-state index in [1.54, 1.807) is 6.08 Å². The van der Waals surface area contributed by atoms with E-state index in [0.29, 0.717) is 19.0 Å². The molecule has 1 fully saturated rings. The number of halogens is 2. The molecule has 0 aliphatic carbocycles. The second kappa shape index (κ2) is 15.4. The summed E-state index contributed by atoms with van der Waals surface area (Å²) in [5, 5.41) is 0. The lowest BCUT2D eigenvalue weighted by Crippen LogP contribution is -2.40. The van der Waals surface area contributed by atoms with Crippen LogP contribution in [0.4, 0.5) is 8.78 Å². The molecule has 0 aromatic carbocycles. The van der Waals surface area contributed by atoms with Crippen LogP contribution in [0.1, 0.15) is 60.8 Å². The minimum atomic E-state index is -0.573. The van der Waals surface area contributed by atoms with Gasteiger partial charge in [0.1, 0.15) is 6.17 Å². The van der Waals surface area contributed by atoms with Gasteiger partial charge in [0.2, 0.25) is 0 Å². The van der Waals surface area contributed by atoms with Crippen molar-refractivity contribution in [3.63, 3.8) is 0 Å².